The Bertz CT molecular complexity index is 955. The van der Waals surface area contributed by atoms with Crippen LogP contribution in [0.2, 0.25) is 0 Å². The summed E-state index contributed by atoms with van der Waals surface area (Å²) in [6.45, 7) is 1.89. The van der Waals surface area contributed by atoms with Gasteiger partial charge in [0.1, 0.15) is 0 Å². The topological polar surface area (TPSA) is 66.3 Å². The lowest BCUT2D eigenvalue weighted by Crippen LogP contribution is -2.46. The molecule has 1 aromatic carbocycles. The zero-order valence-electron chi connectivity index (χ0n) is 14.0. The molecule has 1 atom stereocenters. The van der Waals surface area contributed by atoms with Crippen LogP contribution in [0, 0.1) is 6.92 Å². The first-order chi connectivity index (χ1) is 12.2. The summed E-state index contributed by atoms with van der Waals surface area (Å²) in [4.78, 5) is 23.7. The van der Waals surface area contributed by atoms with Gasteiger partial charge in [0, 0.05) is 24.0 Å². The van der Waals surface area contributed by atoms with Crippen molar-refractivity contribution in [1.82, 2.24) is 9.97 Å². The predicted octanol–water partition coefficient (Wildman–Crippen LogP) is 2.89. The van der Waals surface area contributed by atoms with Gasteiger partial charge in [-0.25, -0.2) is 0 Å². The van der Waals surface area contributed by atoms with E-state index in [0.29, 0.717) is 5.56 Å². The number of fused-ring (bicyclic) bond motifs is 2. The maximum atomic E-state index is 13.4. The minimum Gasteiger partial charge on any atom is -0.394 e. The van der Waals surface area contributed by atoms with Crippen LogP contribution >= 0.6 is 0 Å². The smallest absolute Gasteiger partial charge is 0.260 e. The predicted molar refractivity (Wildman–Crippen MR) is 96.7 cm³/mol. The number of benzene rings is 1. The number of aliphatic hydroxyl groups is 1. The first kappa shape index (κ1) is 15.7. The van der Waals surface area contributed by atoms with Gasteiger partial charge in [0.05, 0.1) is 29.4 Å². The van der Waals surface area contributed by atoms with Gasteiger partial charge in [-0.05, 0) is 43.0 Å². The largest absolute Gasteiger partial charge is 0.394 e. The number of aryl methyl sites for hydroxylation is 2. The monoisotopic (exact) mass is 333 g/mol. The molecule has 0 aliphatic carbocycles. The summed E-state index contributed by atoms with van der Waals surface area (Å²) in [6, 6.07) is 9.42. The number of carbonyl (C=O) groups is 1. The van der Waals surface area contributed by atoms with Gasteiger partial charge in [0.25, 0.3) is 5.91 Å². The molecule has 1 amide bonds. The zero-order chi connectivity index (χ0) is 17.4. The third kappa shape index (κ3) is 2.57. The molecule has 126 valence electrons. The second-order valence-corrected chi connectivity index (χ2v) is 6.37. The first-order valence-electron chi connectivity index (χ1n) is 8.42. The molecule has 5 heteroatoms. The Hall–Kier alpha value is -2.79. The van der Waals surface area contributed by atoms with Crippen molar-refractivity contribution in [3.8, 4) is 0 Å². The fourth-order valence-corrected chi connectivity index (χ4v) is 3.57. The van der Waals surface area contributed by atoms with Crippen molar-refractivity contribution >= 4 is 22.5 Å². The van der Waals surface area contributed by atoms with Crippen LogP contribution in [0.4, 0.5) is 5.69 Å². The lowest BCUT2D eigenvalue weighted by atomic mass is 9.95. The molecule has 0 saturated carbocycles. The third-order valence-electron chi connectivity index (χ3n) is 4.95. The summed E-state index contributed by atoms with van der Waals surface area (Å²) >= 11 is 0. The van der Waals surface area contributed by atoms with E-state index in [2.05, 4.69) is 9.97 Å². The highest BCUT2D eigenvalue weighted by atomic mass is 16.3. The van der Waals surface area contributed by atoms with Crippen molar-refractivity contribution in [1.29, 1.82) is 0 Å². The SMILES string of the molecule is Cc1c(C(=O)N2c3ccncc3CCC2CO)cnc2ccccc12. The number of amides is 1. The van der Waals surface area contributed by atoms with Crippen molar-refractivity contribution in [2.45, 2.75) is 25.8 Å². The number of aliphatic hydroxyl groups excluding tert-OH is 1. The molecule has 0 saturated heterocycles. The van der Waals surface area contributed by atoms with Gasteiger partial charge in [-0.1, -0.05) is 18.2 Å². The summed E-state index contributed by atoms with van der Waals surface area (Å²) in [5.41, 5.74) is 4.22. The van der Waals surface area contributed by atoms with Gasteiger partial charge in [0.2, 0.25) is 0 Å². The molecule has 0 fully saturated rings. The molecule has 2 aromatic heterocycles. The van der Waals surface area contributed by atoms with Gasteiger partial charge in [0.15, 0.2) is 0 Å². The van der Waals surface area contributed by atoms with Crippen molar-refractivity contribution in [2.75, 3.05) is 11.5 Å². The normalized spacial score (nSPS) is 16.7. The Morgan fingerprint density at radius 2 is 2.12 bits per heavy atom. The molecular formula is C20H19N3O2. The average Bonchev–Trinajstić information content (AvgIpc) is 2.67. The van der Waals surface area contributed by atoms with Crippen LogP contribution in [0.25, 0.3) is 10.9 Å². The first-order valence-corrected chi connectivity index (χ1v) is 8.42. The summed E-state index contributed by atoms with van der Waals surface area (Å²) in [5, 5.41) is 10.8. The van der Waals surface area contributed by atoms with Gasteiger partial charge in [-0.2, -0.15) is 0 Å². The highest BCUT2D eigenvalue weighted by Crippen LogP contribution is 2.32. The summed E-state index contributed by atoms with van der Waals surface area (Å²) in [7, 11) is 0. The molecule has 1 aliphatic heterocycles. The number of pyridine rings is 2. The van der Waals surface area contributed by atoms with E-state index in [1.165, 1.54) is 0 Å². The van der Waals surface area contributed by atoms with Crippen LogP contribution in [0.1, 0.15) is 27.9 Å². The Kier molecular flexibility index (Phi) is 3.93. The van der Waals surface area contributed by atoms with E-state index in [1.807, 2.05) is 37.3 Å². The molecule has 1 unspecified atom stereocenters. The van der Waals surface area contributed by atoms with E-state index >= 15 is 0 Å². The van der Waals surface area contributed by atoms with E-state index < -0.39 is 0 Å². The molecule has 1 aliphatic rings. The number of nitrogens with zero attached hydrogens (tertiary/aromatic N) is 3. The van der Waals surface area contributed by atoms with Crippen molar-refractivity contribution in [3.05, 3.63) is 65.6 Å². The summed E-state index contributed by atoms with van der Waals surface area (Å²) < 4.78 is 0. The molecule has 3 heterocycles. The Labute approximate surface area is 146 Å². The molecule has 0 spiro atoms. The summed E-state index contributed by atoms with van der Waals surface area (Å²) in [5.74, 6) is -0.123. The highest BCUT2D eigenvalue weighted by molar-refractivity contribution is 6.09. The van der Waals surface area contributed by atoms with E-state index in [-0.39, 0.29) is 18.6 Å². The number of rotatable bonds is 2. The van der Waals surface area contributed by atoms with Gasteiger partial charge in [-0.15, -0.1) is 0 Å². The van der Waals surface area contributed by atoms with E-state index in [0.717, 1.165) is 40.6 Å². The standard InChI is InChI=1S/C20H19N3O2/c1-13-16-4-2-3-5-18(16)22-11-17(13)20(25)23-15(12-24)7-6-14-10-21-9-8-19(14)23/h2-5,8-11,15,24H,6-7,12H2,1H3. The second-order valence-electron chi connectivity index (χ2n) is 6.37. The van der Waals surface area contributed by atoms with Crippen molar-refractivity contribution in [3.63, 3.8) is 0 Å². The third-order valence-corrected chi connectivity index (χ3v) is 4.95. The maximum Gasteiger partial charge on any atom is 0.260 e. The fraction of sp³-hybridized carbons (Fsp3) is 0.250. The number of hydrogen-bond donors (Lipinski definition) is 1. The van der Waals surface area contributed by atoms with Crippen molar-refractivity contribution in [2.24, 2.45) is 0 Å². The van der Waals surface area contributed by atoms with Gasteiger partial charge >= 0.3 is 0 Å². The van der Waals surface area contributed by atoms with Crippen LogP contribution in [-0.4, -0.2) is 33.6 Å². The molecule has 1 N–H and O–H groups in total. The van der Waals surface area contributed by atoms with Crippen molar-refractivity contribution < 1.29 is 9.90 Å². The minimum absolute atomic E-state index is 0.0619. The van der Waals surface area contributed by atoms with Crippen LogP contribution in [-0.2, 0) is 6.42 Å². The van der Waals surface area contributed by atoms with E-state index in [1.54, 1.807) is 23.5 Å². The number of hydrogen-bond acceptors (Lipinski definition) is 4. The molecule has 25 heavy (non-hydrogen) atoms. The van der Waals surface area contributed by atoms with Gasteiger partial charge < -0.3 is 10.0 Å². The number of aromatic nitrogens is 2. The minimum atomic E-state index is -0.228. The molecule has 4 rings (SSSR count). The van der Waals surface area contributed by atoms with E-state index in [4.69, 9.17) is 0 Å². The molecule has 5 nitrogen and oxygen atoms in total. The molecular weight excluding hydrogens is 314 g/mol. The quantitative estimate of drug-likeness (QED) is 0.783. The lowest BCUT2D eigenvalue weighted by molar-refractivity contribution is 0.0957. The highest BCUT2D eigenvalue weighted by Gasteiger charge is 2.32. The van der Waals surface area contributed by atoms with E-state index in [9.17, 15) is 9.90 Å². The lowest BCUT2D eigenvalue weighted by Gasteiger charge is -2.36. The molecule has 0 radical (unpaired) electrons. The average molecular weight is 333 g/mol. The number of anilines is 1. The number of carbonyl (C=O) groups excluding carboxylic acids is 1. The Morgan fingerprint density at radius 1 is 1.28 bits per heavy atom. The van der Waals surface area contributed by atoms with Crippen LogP contribution in [0.5, 0.6) is 0 Å². The van der Waals surface area contributed by atoms with Crippen LogP contribution in [0.3, 0.4) is 0 Å². The molecule has 3 aromatic rings. The zero-order valence-corrected chi connectivity index (χ0v) is 14.0. The van der Waals surface area contributed by atoms with Gasteiger partial charge in [-0.3, -0.25) is 14.8 Å². The number of para-hydroxylation sites is 1. The Morgan fingerprint density at radius 3 is 2.96 bits per heavy atom. The second kappa shape index (κ2) is 6.26. The van der Waals surface area contributed by atoms with Crippen LogP contribution in [0.15, 0.2) is 48.9 Å². The molecule has 0 bridgehead atoms. The maximum absolute atomic E-state index is 13.4. The fourth-order valence-electron chi connectivity index (χ4n) is 3.57. The Balaban J connectivity index is 1.84. The summed E-state index contributed by atoms with van der Waals surface area (Å²) in [6.07, 6.45) is 6.66. The van der Waals surface area contributed by atoms with Crippen LogP contribution < -0.4 is 4.90 Å².